The molecule has 1 N–H and O–H groups in total. The molecule has 0 aromatic carbocycles. The van der Waals surface area contributed by atoms with E-state index < -0.39 is 11.4 Å². The van der Waals surface area contributed by atoms with Crippen LogP contribution in [0.5, 0.6) is 0 Å². The molecule has 0 aromatic heterocycles. The molecule has 0 radical (unpaired) electrons. The smallest absolute Gasteiger partial charge is 0.311 e. The molecule has 0 saturated carbocycles. The van der Waals surface area contributed by atoms with Gasteiger partial charge in [-0.1, -0.05) is 18.2 Å². The third kappa shape index (κ3) is 3.44. The van der Waals surface area contributed by atoms with Crippen molar-refractivity contribution >= 4 is 11.9 Å². The summed E-state index contributed by atoms with van der Waals surface area (Å²) in [6.45, 7) is 4.50. The highest BCUT2D eigenvalue weighted by atomic mass is 16.4. The number of rotatable bonds is 3. The zero-order chi connectivity index (χ0) is 12.9. The molecule has 0 spiro atoms. The summed E-state index contributed by atoms with van der Waals surface area (Å²) in [7, 11) is 0. The minimum atomic E-state index is -0.826. The Morgan fingerprint density at radius 3 is 2.65 bits per heavy atom. The topological polar surface area (TPSA) is 57.6 Å². The van der Waals surface area contributed by atoms with Crippen LogP contribution in [0.3, 0.4) is 0 Å². The molecule has 1 rings (SSSR count). The van der Waals surface area contributed by atoms with Gasteiger partial charge in [0, 0.05) is 19.2 Å². The van der Waals surface area contributed by atoms with Crippen molar-refractivity contribution in [3.8, 4) is 0 Å². The highest BCUT2D eigenvalue weighted by molar-refractivity contribution is 5.88. The number of likely N-dealkylation sites (tertiary alicyclic amines) is 1. The number of carbonyl (C=O) groups excluding carboxylic acids is 1. The molecule has 1 heterocycles. The molecule has 17 heavy (non-hydrogen) atoms. The first-order chi connectivity index (χ1) is 7.99. The van der Waals surface area contributed by atoms with Crippen molar-refractivity contribution in [2.24, 2.45) is 5.41 Å². The zero-order valence-corrected chi connectivity index (χ0v) is 10.3. The SMILES string of the molecule is C/C=C/C=C/C(=O)N1CCCC(C)(C(=O)O)C1. The molecule has 1 aliphatic heterocycles. The Balaban J connectivity index is 2.67. The third-order valence-corrected chi connectivity index (χ3v) is 3.07. The lowest BCUT2D eigenvalue weighted by Crippen LogP contribution is -2.47. The first-order valence-electron chi connectivity index (χ1n) is 5.81. The Labute approximate surface area is 102 Å². The summed E-state index contributed by atoms with van der Waals surface area (Å²) in [5, 5.41) is 9.14. The maximum absolute atomic E-state index is 11.8. The molecule has 4 nitrogen and oxygen atoms in total. The maximum atomic E-state index is 11.8. The summed E-state index contributed by atoms with van der Waals surface area (Å²) in [6, 6.07) is 0. The number of aliphatic carboxylic acids is 1. The van der Waals surface area contributed by atoms with Crippen LogP contribution in [0, 0.1) is 5.41 Å². The van der Waals surface area contributed by atoms with Gasteiger partial charge in [0.25, 0.3) is 0 Å². The van der Waals surface area contributed by atoms with E-state index in [1.165, 1.54) is 6.08 Å². The van der Waals surface area contributed by atoms with Crippen molar-refractivity contribution in [1.82, 2.24) is 4.90 Å². The Hall–Kier alpha value is -1.58. The lowest BCUT2D eigenvalue weighted by atomic mass is 9.82. The van der Waals surface area contributed by atoms with Crippen molar-refractivity contribution < 1.29 is 14.7 Å². The average Bonchev–Trinajstić information content (AvgIpc) is 2.29. The molecular formula is C13H19NO3. The monoisotopic (exact) mass is 237 g/mol. The van der Waals surface area contributed by atoms with Crippen LogP contribution in [0.2, 0.25) is 0 Å². The van der Waals surface area contributed by atoms with E-state index in [0.29, 0.717) is 19.5 Å². The quantitative estimate of drug-likeness (QED) is 0.602. The number of hydrogen-bond donors (Lipinski definition) is 1. The fourth-order valence-electron chi connectivity index (χ4n) is 1.96. The normalized spacial score (nSPS) is 25.6. The maximum Gasteiger partial charge on any atom is 0.311 e. The van der Waals surface area contributed by atoms with Gasteiger partial charge >= 0.3 is 5.97 Å². The number of carboxylic acid groups (broad SMARTS) is 1. The number of hydrogen-bond acceptors (Lipinski definition) is 2. The molecule has 94 valence electrons. The fraction of sp³-hybridized carbons (Fsp3) is 0.538. The predicted octanol–water partition coefficient (Wildman–Crippen LogP) is 1.83. The second-order valence-corrected chi connectivity index (χ2v) is 4.61. The summed E-state index contributed by atoms with van der Waals surface area (Å²) >= 11 is 0. The van der Waals surface area contributed by atoms with Crippen molar-refractivity contribution in [3.05, 3.63) is 24.3 Å². The average molecular weight is 237 g/mol. The largest absolute Gasteiger partial charge is 0.481 e. The van der Waals surface area contributed by atoms with Crippen molar-refractivity contribution in [2.45, 2.75) is 26.7 Å². The summed E-state index contributed by atoms with van der Waals surface area (Å²) in [6.07, 6.45) is 8.14. The van der Waals surface area contributed by atoms with Crippen LogP contribution in [0.25, 0.3) is 0 Å². The molecule has 4 heteroatoms. The Bertz CT molecular complexity index is 360. The molecule has 0 aliphatic carbocycles. The van der Waals surface area contributed by atoms with Crippen LogP contribution in [-0.4, -0.2) is 35.0 Å². The second-order valence-electron chi connectivity index (χ2n) is 4.61. The summed E-state index contributed by atoms with van der Waals surface area (Å²) < 4.78 is 0. The van der Waals surface area contributed by atoms with E-state index in [9.17, 15) is 9.59 Å². The zero-order valence-electron chi connectivity index (χ0n) is 10.3. The van der Waals surface area contributed by atoms with Crippen LogP contribution >= 0.6 is 0 Å². The molecule has 1 aliphatic rings. The van der Waals surface area contributed by atoms with E-state index in [2.05, 4.69) is 0 Å². The van der Waals surface area contributed by atoms with Gasteiger partial charge in [0.1, 0.15) is 0 Å². The van der Waals surface area contributed by atoms with Gasteiger partial charge < -0.3 is 10.0 Å². The van der Waals surface area contributed by atoms with Crippen LogP contribution < -0.4 is 0 Å². The third-order valence-electron chi connectivity index (χ3n) is 3.07. The Kier molecular flexibility index (Phi) is 4.49. The second kappa shape index (κ2) is 5.66. The van der Waals surface area contributed by atoms with Crippen molar-refractivity contribution in [2.75, 3.05) is 13.1 Å². The van der Waals surface area contributed by atoms with Gasteiger partial charge in [-0.05, 0) is 26.7 Å². The van der Waals surface area contributed by atoms with Gasteiger partial charge in [0.2, 0.25) is 5.91 Å². The molecule has 1 atom stereocenters. The first-order valence-corrected chi connectivity index (χ1v) is 5.81. The van der Waals surface area contributed by atoms with Gasteiger partial charge in [-0.2, -0.15) is 0 Å². The van der Waals surface area contributed by atoms with E-state index in [1.54, 1.807) is 24.0 Å². The van der Waals surface area contributed by atoms with Gasteiger partial charge in [-0.3, -0.25) is 9.59 Å². The van der Waals surface area contributed by atoms with Gasteiger partial charge in [0.15, 0.2) is 0 Å². The van der Waals surface area contributed by atoms with Gasteiger partial charge in [0.05, 0.1) is 5.41 Å². The number of carboxylic acids is 1. The summed E-state index contributed by atoms with van der Waals surface area (Å²) in [5.41, 5.74) is -0.803. The van der Waals surface area contributed by atoms with Gasteiger partial charge in [-0.25, -0.2) is 0 Å². The number of piperidine rings is 1. The lowest BCUT2D eigenvalue weighted by Gasteiger charge is -2.37. The molecule has 1 amide bonds. The minimum Gasteiger partial charge on any atom is -0.481 e. The molecule has 0 bridgehead atoms. The molecule has 1 unspecified atom stereocenters. The van der Waals surface area contributed by atoms with E-state index in [0.717, 1.165) is 6.42 Å². The molecule has 1 fully saturated rings. The van der Waals surface area contributed by atoms with Gasteiger partial charge in [-0.15, -0.1) is 0 Å². The standard InChI is InChI=1S/C13H19NO3/c1-3-4-5-7-11(15)14-9-6-8-13(2,10-14)12(16)17/h3-5,7H,6,8-10H2,1-2H3,(H,16,17)/b4-3+,7-5+. The van der Waals surface area contributed by atoms with E-state index in [1.807, 2.05) is 13.0 Å². The number of allylic oxidation sites excluding steroid dienone is 3. The van der Waals surface area contributed by atoms with Crippen LogP contribution in [0.15, 0.2) is 24.3 Å². The summed E-state index contributed by atoms with van der Waals surface area (Å²) in [4.78, 5) is 24.5. The predicted molar refractivity (Wildman–Crippen MR) is 65.5 cm³/mol. The van der Waals surface area contributed by atoms with E-state index in [-0.39, 0.29) is 5.91 Å². The number of amides is 1. The highest BCUT2D eigenvalue weighted by Gasteiger charge is 2.38. The summed E-state index contributed by atoms with van der Waals surface area (Å²) in [5.74, 6) is -0.942. The Morgan fingerprint density at radius 2 is 2.06 bits per heavy atom. The van der Waals surface area contributed by atoms with Crippen molar-refractivity contribution in [1.29, 1.82) is 0 Å². The van der Waals surface area contributed by atoms with E-state index in [4.69, 9.17) is 5.11 Å². The first kappa shape index (κ1) is 13.5. The van der Waals surface area contributed by atoms with Crippen LogP contribution in [0.1, 0.15) is 26.7 Å². The minimum absolute atomic E-state index is 0.115. The highest BCUT2D eigenvalue weighted by Crippen LogP contribution is 2.29. The van der Waals surface area contributed by atoms with Crippen LogP contribution in [0.4, 0.5) is 0 Å². The molecular weight excluding hydrogens is 218 g/mol. The number of carbonyl (C=O) groups is 2. The van der Waals surface area contributed by atoms with Crippen molar-refractivity contribution in [3.63, 3.8) is 0 Å². The molecule has 1 saturated heterocycles. The lowest BCUT2D eigenvalue weighted by molar-refractivity contribution is -0.152. The number of nitrogens with zero attached hydrogens (tertiary/aromatic N) is 1. The Morgan fingerprint density at radius 1 is 1.35 bits per heavy atom. The van der Waals surface area contributed by atoms with Crippen LogP contribution in [-0.2, 0) is 9.59 Å². The van der Waals surface area contributed by atoms with E-state index >= 15 is 0 Å². The molecule has 0 aromatic rings. The fourth-order valence-corrected chi connectivity index (χ4v) is 1.96.